The highest BCUT2D eigenvalue weighted by Crippen LogP contribution is 2.50. The van der Waals surface area contributed by atoms with Gasteiger partial charge < -0.3 is 29.7 Å². The second-order valence-electron chi connectivity index (χ2n) is 12.0. The van der Waals surface area contributed by atoms with Crippen LogP contribution in [0.5, 0.6) is 17.2 Å². The van der Waals surface area contributed by atoms with Gasteiger partial charge in [0.1, 0.15) is 0 Å². The van der Waals surface area contributed by atoms with Crippen LogP contribution in [0.15, 0.2) is 53.6 Å². The summed E-state index contributed by atoms with van der Waals surface area (Å²) in [4.78, 5) is 47.1. The number of nitrogens with one attached hydrogen (secondary N) is 2. The van der Waals surface area contributed by atoms with Gasteiger partial charge in [0.25, 0.3) is 0 Å². The largest absolute Gasteiger partial charge is 0.493 e. The third kappa shape index (κ3) is 8.02. The molecule has 47 heavy (non-hydrogen) atoms. The summed E-state index contributed by atoms with van der Waals surface area (Å²) in [6.07, 6.45) is 6.84. The fourth-order valence-corrected chi connectivity index (χ4v) is 6.53. The lowest BCUT2D eigenvalue weighted by atomic mass is 9.95. The van der Waals surface area contributed by atoms with Crippen molar-refractivity contribution in [3.8, 4) is 28.4 Å². The van der Waals surface area contributed by atoms with Crippen molar-refractivity contribution in [2.75, 3.05) is 65.9 Å². The van der Waals surface area contributed by atoms with E-state index in [1.807, 2.05) is 41.6 Å². The summed E-state index contributed by atoms with van der Waals surface area (Å²) in [6, 6.07) is 10.9. The summed E-state index contributed by atoms with van der Waals surface area (Å²) >= 11 is 0. The topological polar surface area (TPSA) is 122 Å². The molecule has 1 saturated heterocycles. The normalized spacial score (nSPS) is 15.9. The second-order valence-corrected chi connectivity index (χ2v) is 12.0. The number of carbonyl (C=O) groups excluding carboxylic acids is 2. The van der Waals surface area contributed by atoms with Crippen molar-refractivity contribution in [2.45, 2.75) is 45.1 Å². The average molecular weight is 644 g/mol. The van der Waals surface area contributed by atoms with Crippen LogP contribution in [-0.4, -0.2) is 87.2 Å². The highest BCUT2D eigenvalue weighted by Gasteiger charge is 2.29. The molecule has 0 bridgehead atoms. The number of ether oxygens (including phenoxy) is 3. The molecule has 0 radical (unpaired) electrons. The maximum atomic E-state index is 13.5. The Morgan fingerprint density at radius 1 is 0.957 bits per heavy atom. The molecule has 5 rings (SSSR count). The molecule has 1 aromatic heterocycles. The number of hydrogen-bond acceptors (Lipinski definition) is 9. The molecule has 2 aliphatic rings. The molecule has 1 aliphatic heterocycles. The lowest BCUT2D eigenvalue weighted by molar-refractivity contribution is -0.133. The quantitative estimate of drug-likeness (QED) is 0.284. The first kappa shape index (κ1) is 33.7. The van der Waals surface area contributed by atoms with Gasteiger partial charge in [0.05, 0.1) is 33.1 Å². The zero-order valence-corrected chi connectivity index (χ0v) is 27.8. The maximum Gasteiger partial charge on any atom is 0.222 e. The Morgan fingerprint density at radius 2 is 1.70 bits per heavy atom. The van der Waals surface area contributed by atoms with Crippen LogP contribution in [0.1, 0.15) is 48.9 Å². The van der Waals surface area contributed by atoms with E-state index in [0.717, 1.165) is 55.8 Å². The highest BCUT2D eigenvalue weighted by molar-refractivity contribution is 5.84. The third-order valence-corrected chi connectivity index (χ3v) is 8.99. The number of carbonyl (C=O) groups is 2. The van der Waals surface area contributed by atoms with Crippen molar-refractivity contribution in [1.82, 2.24) is 20.1 Å². The molecule has 1 fully saturated rings. The van der Waals surface area contributed by atoms with Crippen LogP contribution >= 0.6 is 0 Å². The number of pyridine rings is 1. The summed E-state index contributed by atoms with van der Waals surface area (Å²) < 4.78 is 17.1. The first-order chi connectivity index (χ1) is 22.8. The molecule has 0 saturated carbocycles. The number of anilines is 1. The lowest BCUT2D eigenvalue weighted by Crippen LogP contribution is -2.49. The average Bonchev–Trinajstić information content (AvgIpc) is 3.33. The van der Waals surface area contributed by atoms with Gasteiger partial charge >= 0.3 is 0 Å². The first-order valence-corrected chi connectivity index (χ1v) is 16.2. The number of fused-ring (bicyclic) bond motifs is 3. The Balaban J connectivity index is 1.26. The summed E-state index contributed by atoms with van der Waals surface area (Å²) in [5.74, 6) is 1.47. The zero-order chi connectivity index (χ0) is 33.3. The summed E-state index contributed by atoms with van der Waals surface area (Å²) in [6.45, 7) is 6.11. The van der Waals surface area contributed by atoms with Crippen LogP contribution in [-0.2, 0) is 22.4 Å². The van der Waals surface area contributed by atoms with Crippen LogP contribution in [0.2, 0.25) is 0 Å². The fraction of sp³-hybridized carbons (Fsp3) is 0.444. The molecule has 1 atom stereocenters. The SMILES string of the molecule is COc1cc2c(c(OC)c1OC)-c1ccc(NCCCC(=O)N3CCN(CCc4ccncc4)CC3)c(=O)cc1[C@H](NC(C)=O)CC2. The predicted molar refractivity (Wildman–Crippen MR) is 181 cm³/mol. The molecule has 2 aromatic carbocycles. The number of aromatic nitrogens is 1. The fourth-order valence-electron chi connectivity index (χ4n) is 6.53. The Hall–Kier alpha value is -4.64. The Bertz CT molecular complexity index is 1620. The van der Waals surface area contributed by atoms with Gasteiger partial charge in [0.2, 0.25) is 23.0 Å². The Morgan fingerprint density at radius 3 is 2.38 bits per heavy atom. The number of methoxy groups -OCH3 is 3. The minimum absolute atomic E-state index is 0.138. The molecule has 2 amide bonds. The molecular formula is C36H45N5O6. The maximum absolute atomic E-state index is 13.5. The van der Waals surface area contributed by atoms with Crippen molar-refractivity contribution in [3.05, 3.63) is 75.7 Å². The van der Waals surface area contributed by atoms with E-state index < -0.39 is 0 Å². The standard InChI is InChI=1S/C36H45N5O6/c1-24(42)39-29-9-7-26-22-32(45-2)35(46-3)36(47-4)34(26)27-8-10-30(31(43)23-28(27)29)38-14-5-6-33(44)41-20-18-40(19-21-41)17-13-25-11-15-37-16-12-25/h8,10-12,15-16,22-23,29H,5-7,9,13-14,17-21H2,1-4H3,(H,38,43)(H,39,42)/t29-/m1/s1. The van der Waals surface area contributed by atoms with E-state index in [2.05, 4.69) is 20.5 Å². The van der Waals surface area contributed by atoms with E-state index in [9.17, 15) is 14.4 Å². The van der Waals surface area contributed by atoms with Crippen molar-refractivity contribution in [2.24, 2.45) is 0 Å². The van der Waals surface area contributed by atoms with Crippen LogP contribution < -0.4 is 30.3 Å². The molecule has 0 spiro atoms. The highest BCUT2D eigenvalue weighted by atomic mass is 16.5. The molecule has 11 nitrogen and oxygen atoms in total. The monoisotopic (exact) mass is 643 g/mol. The number of aryl methyl sites for hydroxylation is 1. The van der Waals surface area contributed by atoms with Gasteiger partial charge in [0.15, 0.2) is 11.5 Å². The van der Waals surface area contributed by atoms with Crippen LogP contribution in [0.3, 0.4) is 0 Å². The van der Waals surface area contributed by atoms with Crippen molar-refractivity contribution in [1.29, 1.82) is 0 Å². The van der Waals surface area contributed by atoms with E-state index in [-0.39, 0.29) is 23.3 Å². The van der Waals surface area contributed by atoms with Gasteiger partial charge in [-0.1, -0.05) is 6.07 Å². The van der Waals surface area contributed by atoms with Crippen molar-refractivity contribution >= 4 is 17.5 Å². The van der Waals surface area contributed by atoms with Gasteiger partial charge in [-0.15, -0.1) is 0 Å². The Kier molecular flexibility index (Phi) is 11.3. The van der Waals surface area contributed by atoms with Crippen LogP contribution in [0, 0.1) is 0 Å². The minimum atomic E-state index is -0.377. The molecule has 2 N–H and O–H groups in total. The third-order valence-electron chi connectivity index (χ3n) is 8.99. The zero-order valence-electron chi connectivity index (χ0n) is 27.8. The molecule has 250 valence electrons. The van der Waals surface area contributed by atoms with Crippen LogP contribution in [0.4, 0.5) is 5.69 Å². The number of benzene rings is 1. The molecular weight excluding hydrogens is 598 g/mol. The summed E-state index contributed by atoms with van der Waals surface area (Å²) in [5, 5.41) is 6.29. The molecule has 3 aromatic rings. The lowest BCUT2D eigenvalue weighted by Gasteiger charge is -2.34. The number of amides is 2. The summed E-state index contributed by atoms with van der Waals surface area (Å²) in [7, 11) is 4.72. The van der Waals surface area contributed by atoms with Gasteiger partial charge in [-0.3, -0.25) is 24.3 Å². The van der Waals surface area contributed by atoms with E-state index in [0.29, 0.717) is 60.7 Å². The number of nitrogens with zero attached hydrogens (tertiary/aromatic N) is 3. The second kappa shape index (κ2) is 15.8. The Labute approximate surface area is 276 Å². The summed E-state index contributed by atoms with van der Waals surface area (Å²) in [5.41, 5.74) is 4.75. The minimum Gasteiger partial charge on any atom is -0.493 e. The molecule has 1 aliphatic carbocycles. The molecule has 2 heterocycles. The van der Waals surface area contributed by atoms with Gasteiger partial charge in [-0.2, -0.15) is 0 Å². The number of hydrogen-bond donors (Lipinski definition) is 2. The van der Waals surface area contributed by atoms with Crippen molar-refractivity contribution < 1.29 is 23.8 Å². The number of rotatable bonds is 12. The van der Waals surface area contributed by atoms with E-state index >= 15 is 0 Å². The van der Waals surface area contributed by atoms with E-state index in [4.69, 9.17) is 14.2 Å². The van der Waals surface area contributed by atoms with Gasteiger partial charge in [-0.05, 0) is 78.3 Å². The number of piperazine rings is 1. The molecule has 11 heteroatoms. The first-order valence-electron chi connectivity index (χ1n) is 16.2. The van der Waals surface area contributed by atoms with E-state index in [1.54, 1.807) is 33.5 Å². The van der Waals surface area contributed by atoms with Gasteiger partial charge in [-0.25, -0.2) is 0 Å². The van der Waals surface area contributed by atoms with E-state index in [1.165, 1.54) is 12.5 Å². The van der Waals surface area contributed by atoms with Crippen molar-refractivity contribution in [3.63, 3.8) is 0 Å². The van der Waals surface area contributed by atoms with Crippen LogP contribution in [0.25, 0.3) is 11.1 Å². The predicted octanol–water partition coefficient (Wildman–Crippen LogP) is 3.84. The molecule has 0 unspecified atom stereocenters. The smallest absolute Gasteiger partial charge is 0.222 e. The van der Waals surface area contributed by atoms with Gasteiger partial charge in [0, 0.05) is 70.6 Å².